The van der Waals surface area contributed by atoms with Crippen LogP contribution in [-0.4, -0.2) is 29.9 Å². The van der Waals surface area contributed by atoms with E-state index in [0.29, 0.717) is 20.6 Å². The zero-order valence-electron chi connectivity index (χ0n) is 8.44. The van der Waals surface area contributed by atoms with E-state index in [1.807, 2.05) is 18.2 Å². The molecule has 0 aliphatic rings. The van der Waals surface area contributed by atoms with Gasteiger partial charge in [-0.3, -0.25) is 5.10 Å². The van der Waals surface area contributed by atoms with E-state index in [9.17, 15) is 0 Å². The molecule has 0 bridgehead atoms. The first kappa shape index (κ1) is 10.2. The molecule has 8 heteroatoms. The van der Waals surface area contributed by atoms with Gasteiger partial charge in [0, 0.05) is 6.20 Å². The lowest BCUT2D eigenvalue weighted by Gasteiger charge is -1.95. The van der Waals surface area contributed by atoms with Gasteiger partial charge in [0.05, 0.1) is 0 Å². The highest BCUT2D eigenvalue weighted by Crippen LogP contribution is 2.17. The average Bonchev–Trinajstić information content (AvgIpc) is 2.98. The first-order valence-electron chi connectivity index (χ1n) is 4.72. The minimum atomic E-state index is 0.535. The SMILES string of the molecule is S=c1[nH]nc(-c2ncn(-c3ccccn3)n2)s1. The Bertz CT molecular complexity index is 683. The summed E-state index contributed by atoms with van der Waals surface area (Å²) in [5, 5.41) is 11.7. The molecule has 0 saturated heterocycles. The number of hydrogen-bond acceptors (Lipinski definition) is 6. The first-order chi connectivity index (χ1) is 8.33. The van der Waals surface area contributed by atoms with E-state index in [2.05, 4.69) is 25.3 Å². The molecule has 3 aromatic rings. The molecule has 0 aromatic carbocycles. The van der Waals surface area contributed by atoms with Crippen LogP contribution in [0.15, 0.2) is 30.7 Å². The molecule has 0 unspecified atom stereocenters. The van der Waals surface area contributed by atoms with Gasteiger partial charge in [-0.05, 0) is 24.4 Å². The monoisotopic (exact) mass is 262 g/mol. The van der Waals surface area contributed by atoms with E-state index >= 15 is 0 Å². The summed E-state index contributed by atoms with van der Waals surface area (Å²) in [5.74, 6) is 1.25. The standard InChI is InChI=1S/C9H6N6S2/c16-9-13-12-8(17-9)7-11-5-15(14-7)6-3-1-2-4-10-6/h1-5H,(H,13,16). The topological polar surface area (TPSA) is 72.3 Å². The van der Waals surface area contributed by atoms with Crippen LogP contribution in [0.4, 0.5) is 0 Å². The van der Waals surface area contributed by atoms with Gasteiger partial charge in [0.25, 0.3) is 0 Å². The van der Waals surface area contributed by atoms with Crippen molar-refractivity contribution in [3.8, 4) is 16.6 Å². The fourth-order valence-corrected chi connectivity index (χ4v) is 2.11. The number of aromatic nitrogens is 6. The van der Waals surface area contributed by atoms with Gasteiger partial charge >= 0.3 is 0 Å². The van der Waals surface area contributed by atoms with Crippen LogP contribution in [-0.2, 0) is 0 Å². The number of pyridine rings is 1. The molecule has 0 atom stereocenters. The Morgan fingerprint density at radius 3 is 2.94 bits per heavy atom. The fraction of sp³-hybridized carbons (Fsp3) is 0. The summed E-state index contributed by atoms with van der Waals surface area (Å²) in [4.78, 5) is 8.35. The van der Waals surface area contributed by atoms with Crippen molar-refractivity contribution in [1.29, 1.82) is 0 Å². The normalized spacial score (nSPS) is 10.6. The molecule has 84 valence electrons. The Morgan fingerprint density at radius 2 is 2.24 bits per heavy atom. The number of aromatic amines is 1. The Kier molecular flexibility index (Phi) is 2.50. The molecule has 0 aliphatic carbocycles. The molecule has 0 saturated carbocycles. The van der Waals surface area contributed by atoms with Gasteiger partial charge in [0.2, 0.25) is 5.82 Å². The van der Waals surface area contributed by atoms with Crippen LogP contribution in [0.1, 0.15) is 0 Å². The van der Waals surface area contributed by atoms with Crippen molar-refractivity contribution >= 4 is 23.6 Å². The zero-order chi connectivity index (χ0) is 11.7. The molecule has 0 spiro atoms. The summed E-state index contributed by atoms with van der Waals surface area (Å²) in [6, 6.07) is 5.59. The first-order valence-corrected chi connectivity index (χ1v) is 5.94. The van der Waals surface area contributed by atoms with Crippen LogP contribution in [0, 0.1) is 3.95 Å². The smallest absolute Gasteiger partial charge is 0.212 e. The lowest BCUT2D eigenvalue weighted by atomic mass is 10.5. The molecule has 0 radical (unpaired) electrons. The third kappa shape index (κ3) is 1.99. The van der Waals surface area contributed by atoms with Gasteiger partial charge in [0.1, 0.15) is 6.33 Å². The van der Waals surface area contributed by atoms with Crippen molar-refractivity contribution in [1.82, 2.24) is 29.9 Å². The minimum absolute atomic E-state index is 0.535. The summed E-state index contributed by atoms with van der Waals surface area (Å²) in [6.45, 7) is 0. The summed E-state index contributed by atoms with van der Waals surface area (Å²) < 4.78 is 2.20. The van der Waals surface area contributed by atoms with Gasteiger partial charge in [-0.15, -0.1) is 5.10 Å². The van der Waals surface area contributed by atoms with Gasteiger partial charge in [-0.1, -0.05) is 17.4 Å². The Labute approximate surface area is 105 Å². The van der Waals surface area contributed by atoms with Gasteiger partial charge in [-0.2, -0.15) is 5.10 Å². The van der Waals surface area contributed by atoms with Crippen molar-refractivity contribution < 1.29 is 0 Å². The summed E-state index contributed by atoms with van der Waals surface area (Å²) >= 11 is 6.30. The van der Waals surface area contributed by atoms with Crippen LogP contribution < -0.4 is 0 Å². The van der Waals surface area contributed by atoms with Crippen LogP contribution >= 0.6 is 23.6 Å². The highest BCUT2D eigenvalue weighted by atomic mass is 32.1. The second-order valence-corrected chi connectivity index (χ2v) is 4.78. The molecule has 6 nitrogen and oxygen atoms in total. The largest absolute Gasteiger partial charge is 0.258 e. The van der Waals surface area contributed by atoms with E-state index in [1.165, 1.54) is 11.3 Å². The maximum Gasteiger partial charge on any atom is 0.212 e. The maximum absolute atomic E-state index is 4.96. The number of H-pyrrole nitrogens is 1. The highest BCUT2D eigenvalue weighted by Gasteiger charge is 2.09. The third-order valence-corrected chi connectivity index (χ3v) is 3.09. The third-order valence-electron chi connectivity index (χ3n) is 2.01. The Hall–Kier alpha value is -1.93. The van der Waals surface area contributed by atoms with Crippen LogP contribution in [0.2, 0.25) is 0 Å². The zero-order valence-corrected chi connectivity index (χ0v) is 10.1. The van der Waals surface area contributed by atoms with Crippen molar-refractivity contribution in [2.24, 2.45) is 0 Å². The molecule has 0 fully saturated rings. The maximum atomic E-state index is 4.96. The van der Waals surface area contributed by atoms with E-state index in [1.54, 1.807) is 17.2 Å². The van der Waals surface area contributed by atoms with E-state index < -0.39 is 0 Å². The van der Waals surface area contributed by atoms with Gasteiger partial charge in [0.15, 0.2) is 14.8 Å². The minimum Gasteiger partial charge on any atom is -0.258 e. The van der Waals surface area contributed by atoms with Crippen molar-refractivity contribution in [2.45, 2.75) is 0 Å². The van der Waals surface area contributed by atoms with Crippen LogP contribution in [0.25, 0.3) is 16.6 Å². The van der Waals surface area contributed by atoms with Gasteiger partial charge < -0.3 is 0 Å². The Morgan fingerprint density at radius 1 is 1.29 bits per heavy atom. The van der Waals surface area contributed by atoms with Crippen LogP contribution in [0.3, 0.4) is 0 Å². The number of nitrogens with one attached hydrogen (secondary N) is 1. The molecular formula is C9H6N6S2. The number of hydrogen-bond donors (Lipinski definition) is 1. The molecule has 3 rings (SSSR count). The lowest BCUT2D eigenvalue weighted by molar-refractivity contribution is 0.847. The summed E-state index contributed by atoms with van der Waals surface area (Å²) in [6.07, 6.45) is 3.30. The molecule has 0 aliphatic heterocycles. The summed E-state index contributed by atoms with van der Waals surface area (Å²) in [7, 11) is 0. The predicted octanol–water partition coefficient (Wildman–Crippen LogP) is 1.84. The highest BCUT2D eigenvalue weighted by molar-refractivity contribution is 7.73. The van der Waals surface area contributed by atoms with Crippen molar-refractivity contribution in [3.63, 3.8) is 0 Å². The van der Waals surface area contributed by atoms with Crippen molar-refractivity contribution in [2.75, 3.05) is 0 Å². The molecule has 0 amide bonds. The molecule has 17 heavy (non-hydrogen) atoms. The number of rotatable bonds is 2. The fourth-order valence-electron chi connectivity index (χ4n) is 1.29. The second-order valence-electron chi connectivity index (χ2n) is 3.12. The summed E-state index contributed by atoms with van der Waals surface area (Å²) in [5.41, 5.74) is 0. The van der Waals surface area contributed by atoms with Crippen LogP contribution in [0.5, 0.6) is 0 Å². The van der Waals surface area contributed by atoms with Gasteiger partial charge in [-0.25, -0.2) is 14.6 Å². The Balaban J connectivity index is 2.01. The average molecular weight is 262 g/mol. The number of nitrogens with zero attached hydrogens (tertiary/aromatic N) is 5. The van der Waals surface area contributed by atoms with E-state index in [0.717, 1.165) is 0 Å². The molecule has 1 N–H and O–H groups in total. The molecule has 3 heterocycles. The van der Waals surface area contributed by atoms with Crippen molar-refractivity contribution in [3.05, 3.63) is 34.7 Å². The van der Waals surface area contributed by atoms with E-state index in [4.69, 9.17) is 12.2 Å². The van der Waals surface area contributed by atoms with E-state index in [-0.39, 0.29) is 0 Å². The lowest BCUT2D eigenvalue weighted by Crippen LogP contribution is -1.97. The predicted molar refractivity (Wildman–Crippen MR) is 65.4 cm³/mol. The molecular weight excluding hydrogens is 256 g/mol. The molecule has 3 aromatic heterocycles. The quantitative estimate of drug-likeness (QED) is 0.713. The second kappa shape index (κ2) is 4.15.